The van der Waals surface area contributed by atoms with Crippen LogP contribution in [0.25, 0.3) is 10.2 Å². The Hall–Kier alpha value is -2.01. The van der Waals surface area contributed by atoms with E-state index in [1.165, 1.54) is 17.6 Å². The molecule has 1 aliphatic carbocycles. The van der Waals surface area contributed by atoms with Crippen molar-refractivity contribution in [3.05, 3.63) is 35.6 Å². The van der Waals surface area contributed by atoms with Crippen molar-refractivity contribution < 1.29 is 9.90 Å². The van der Waals surface area contributed by atoms with Gasteiger partial charge in [0.15, 0.2) is 5.78 Å². The molecule has 1 heterocycles. The first kappa shape index (κ1) is 13.9. The van der Waals surface area contributed by atoms with Crippen molar-refractivity contribution in [1.82, 2.24) is 4.98 Å². The van der Waals surface area contributed by atoms with Gasteiger partial charge in [-0.1, -0.05) is 37.3 Å². The molecule has 2 aromatic rings. The van der Waals surface area contributed by atoms with Gasteiger partial charge in [0.05, 0.1) is 15.8 Å². The standard InChI is InChI=1S/C16H16N2O2S/c1-16(2)7-12(19)10(13(20)8-16)9-17-15-18-11-5-3-4-6-14(11)21-15/h3-6,9,19H,7-8H2,1-2H3. The van der Waals surface area contributed by atoms with Crippen molar-refractivity contribution >= 4 is 38.7 Å². The molecule has 4 nitrogen and oxygen atoms in total. The van der Waals surface area contributed by atoms with Gasteiger partial charge < -0.3 is 5.11 Å². The van der Waals surface area contributed by atoms with E-state index in [4.69, 9.17) is 0 Å². The van der Waals surface area contributed by atoms with Crippen LogP contribution in [0.4, 0.5) is 5.13 Å². The highest BCUT2D eigenvalue weighted by Gasteiger charge is 2.32. The van der Waals surface area contributed by atoms with Gasteiger partial charge in [-0.25, -0.2) is 9.98 Å². The number of benzene rings is 1. The number of fused-ring (bicyclic) bond motifs is 1. The zero-order valence-corrected chi connectivity index (χ0v) is 12.8. The predicted octanol–water partition coefficient (Wildman–Crippen LogP) is 4.20. The molecule has 1 aromatic heterocycles. The van der Waals surface area contributed by atoms with E-state index in [1.807, 2.05) is 38.1 Å². The van der Waals surface area contributed by atoms with Crippen molar-refractivity contribution in [2.75, 3.05) is 0 Å². The van der Waals surface area contributed by atoms with Crippen molar-refractivity contribution in [3.8, 4) is 0 Å². The number of aliphatic imine (C=N–C) groups is 1. The number of aliphatic hydroxyl groups is 1. The van der Waals surface area contributed by atoms with Crippen LogP contribution >= 0.6 is 11.3 Å². The lowest BCUT2D eigenvalue weighted by Gasteiger charge is -2.28. The maximum atomic E-state index is 12.1. The van der Waals surface area contributed by atoms with E-state index in [9.17, 15) is 9.90 Å². The molecule has 0 saturated carbocycles. The Labute approximate surface area is 126 Å². The lowest BCUT2D eigenvalue weighted by Crippen LogP contribution is -2.26. The molecule has 1 aliphatic rings. The number of rotatable bonds is 2. The molecule has 1 N–H and O–H groups in total. The molecule has 21 heavy (non-hydrogen) atoms. The van der Waals surface area contributed by atoms with Crippen LogP contribution in [0, 0.1) is 5.41 Å². The molecule has 3 rings (SSSR count). The Kier molecular flexibility index (Phi) is 3.37. The number of carbonyl (C=O) groups is 1. The van der Waals surface area contributed by atoms with E-state index in [1.54, 1.807) is 0 Å². The Morgan fingerprint density at radius 2 is 2.10 bits per heavy atom. The number of carbonyl (C=O) groups excluding carboxylic acids is 1. The number of thiazole rings is 1. The third-order valence-corrected chi connectivity index (χ3v) is 4.43. The molecular formula is C16H16N2O2S. The largest absolute Gasteiger partial charge is 0.511 e. The number of aromatic nitrogens is 1. The minimum atomic E-state index is -0.186. The summed E-state index contributed by atoms with van der Waals surface area (Å²) in [6, 6.07) is 7.79. The molecule has 1 aromatic carbocycles. The van der Waals surface area contributed by atoms with E-state index in [0.29, 0.717) is 23.5 Å². The topological polar surface area (TPSA) is 62.5 Å². The molecule has 0 aliphatic heterocycles. The average molecular weight is 300 g/mol. The van der Waals surface area contributed by atoms with E-state index in [-0.39, 0.29) is 17.0 Å². The molecule has 108 valence electrons. The quantitative estimate of drug-likeness (QED) is 0.845. The number of nitrogens with zero attached hydrogens (tertiary/aromatic N) is 2. The Balaban J connectivity index is 1.90. The Bertz CT molecular complexity index is 738. The van der Waals surface area contributed by atoms with Crippen LogP contribution in [-0.4, -0.2) is 22.1 Å². The summed E-state index contributed by atoms with van der Waals surface area (Å²) >= 11 is 1.46. The fourth-order valence-corrected chi connectivity index (χ4v) is 3.29. The minimum Gasteiger partial charge on any atom is -0.511 e. The zero-order valence-electron chi connectivity index (χ0n) is 12.0. The number of ketones is 1. The van der Waals surface area contributed by atoms with Gasteiger partial charge in [0.1, 0.15) is 5.76 Å². The zero-order chi connectivity index (χ0) is 15.0. The summed E-state index contributed by atoms with van der Waals surface area (Å²) in [5.41, 5.74) is 1.02. The van der Waals surface area contributed by atoms with Gasteiger partial charge in [-0.2, -0.15) is 0 Å². The minimum absolute atomic E-state index is 0.0615. The highest BCUT2D eigenvalue weighted by Crippen LogP contribution is 2.35. The molecular weight excluding hydrogens is 284 g/mol. The highest BCUT2D eigenvalue weighted by atomic mass is 32.1. The van der Waals surface area contributed by atoms with E-state index >= 15 is 0 Å². The number of hydrogen-bond donors (Lipinski definition) is 1. The molecule has 0 spiro atoms. The van der Waals surface area contributed by atoms with Crippen molar-refractivity contribution in [2.24, 2.45) is 10.4 Å². The summed E-state index contributed by atoms with van der Waals surface area (Å²) in [5.74, 6) is 0.0646. The fraction of sp³-hybridized carbons (Fsp3) is 0.312. The average Bonchev–Trinajstić information content (AvgIpc) is 2.78. The van der Waals surface area contributed by atoms with Gasteiger partial charge in [0.25, 0.3) is 0 Å². The van der Waals surface area contributed by atoms with Gasteiger partial charge in [-0.15, -0.1) is 0 Å². The van der Waals surface area contributed by atoms with Gasteiger partial charge >= 0.3 is 0 Å². The number of para-hydroxylation sites is 1. The van der Waals surface area contributed by atoms with Crippen molar-refractivity contribution in [1.29, 1.82) is 0 Å². The SMILES string of the molecule is CC1(C)CC(=O)C(C=Nc2nc3ccccc3s2)=C(O)C1. The Morgan fingerprint density at radius 1 is 1.33 bits per heavy atom. The number of allylic oxidation sites excluding steroid dienone is 2. The first-order valence-electron chi connectivity index (χ1n) is 6.80. The second-order valence-corrected chi connectivity index (χ2v) is 7.03. The van der Waals surface area contributed by atoms with Gasteiger partial charge in [0, 0.05) is 19.1 Å². The maximum Gasteiger partial charge on any atom is 0.210 e. The third-order valence-electron chi connectivity index (χ3n) is 3.48. The van der Waals surface area contributed by atoms with Gasteiger partial charge in [-0.05, 0) is 17.5 Å². The summed E-state index contributed by atoms with van der Waals surface area (Å²) in [7, 11) is 0. The van der Waals surface area contributed by atoms with Crippen molar-refractivity contribution in [2.45, 2.75) is 26.7 Å². The smallest absolute Gasteiger partial charge is 0.210 e. The van der Waals surface area contributed by atoms with Gasteiger partial charge in [0.2, 0.25) is 5.13 Å². The number of Topliss-reactive ketones (excluding diaryl/α,β-unsaturated/α-hetero) is 1. The van der Waals surface area contributed by atoms with Crippen LogP contribution in [0.5, 0.6) is 0 Å². The maximum absolute atomic E-state index is 12.1. The summed E-state index contributed by atoms with van der Waals surface area (Å²) in [6.45, 7) is 3.95. The van der Waals surface area contributed by atoms with Crippen molar-refractivity contribution in [3.63, 3.8) is 0 Å². The molecule has 5 heteroatoms. The second kappa shape index (κ2) is 5.07. The van der Waals surface area contributed by atoms with E-state index < -0.39 is 0 Å². The number of aliphatic hydroxyl groups excluding tert-OH is 1. The van der Waals surface area contributed by atoms with E-state index in [2.05, 4.69) is 9.98 Å². The van der Waals surface area contributed by atoms with Crippen LogP contribution < -0.4 is 0 Å². The summed E-state index contributed by atoms with van der Waals surface area (Å²) < 4.78 is 1.05. The lowest BCUT2D eigenvalue weighted by molar-refractivity contribution is -0.117. The van der Waals surface area contributed by atoms with Gasteiger partial charge in [-0.3, -0.25) is 4.79 Å². The second-order valence-electron chi connectivity index (χ2n) is 6.02. The molecule has 0 amide bonds. The number of hydrogen-bond acceptors (Lipinski definition) is 5. The molecule has 0 saturated heterocycles. The monoisotopic (exact) mass is 300 g/mol. The highest BCUT2D eigenvalue weighted by molar-refractivity contribution is 7.22. The lowest BCUT2D eigenvalue weighted by atomic mass is 9.77. The van der Waals surface area contributed by atoms with Crippen LogP contribution in [0.15, 0.2) is 40.6 Å². The Morgan fingerprint density at radius 3 is 2.81 bits per heavy atom. The molecule has 0 radical (unpaired) electrons. The van der Waals surface area contributed by atoms with Crippen LogP contribution in [0.1, 0.15) is 26.7 Å². The fourth-order valence-electron chi connectivity index (χ4n) is 2.48. The molecule has 0 atom stereocenters. The molecule has 0 unspecified atom stereocenters. The molecule has 0 bridgehead atoms. The summed E-state index contributed by atoms with van der Waals surface area (Å²) in [6.07, 6.45) is 2.38. The first-order chi connectivity index (χ1) is 9.94. The molecule has 0 fully saturated rings. The third kappa shape index (κ3) is 2.88. The predicted molar refractivity (Wildman–Crippen MR) is 85.4 cm³/mol. The van der Waals surface area contributed by atoms with Crippen LogP contribution in [0.2, 0.25) is 0 Å². The van der Waals surface area contributed by atoms with E-state index in [0.717, 1.165) is 10.2 Å². The summed E-state index contributed by atoms with van der Waals surface area (Å²) in [4.78, 5) is 20.7. The van der Waals surface area contributed by atoms with Crippen LogP contribution in [0.3, 0.4) is 0 Å². The first-order valence-corrected chi connectivity index (χ1v) is 7.61. The normalized spacial score (nSPS) is 18.9. The summed E-state index contributed by atoms with van der Waals surface area (Å²) in [5, 5.41) is 10.6. The van der Waals surface area contributed by atoms with Crippen LogP contribution in [-0.2, 0) is 4.79 Å².